The van der Waals surface area contributed by atoms with Crippen LogP contribution in [0, 0.1) is 18.7 Å². The third kappa shape index (κ3) is 3.32. The molecule has 1 heterocycles. The predicted molar refractivity (Wildman–Crippen MR) is 71.8 cm³/mol. The lowest BCUT2D eigenvalue weighted by Crippen LogP contribution is -2.30. The van der Waals surface area contributed by atoms with Gasteiger partial charge in [-0.25, -0.2) is 9.18 Å². The topological polar surface area (TPSA) is 38.3 Å². The van der Waals surface area contributed by atoms with Crippen LogP contribution < -0.4 is 5.32 Å². The summed E-state index contributed by atoms with van der Waals surface area (Å²) < 4.78 is 18.6. The number of esters is 1. The van der Waals surface area contributed by atoms with Gasteiger partial charge in [-0.05, 0) is 68.5 Å². The van der Waals surface area contributed by atoms with Gasteiger partial charge in [0.2, 0.25) is 0 Å². The van der Waals surface area contributed by atoms with Crippen molar-refractivity contribution in [2.45, 2.75) is 26.2 Å². The summed E-state index contributed by atoms with van der Waals surface area (Å²) in [4.78, 5) is 11.6. The maximum Gasteiger partial charge on any atom is 0.338 e. The fourth-order valence-corrected chi connectivity index (χ4v) is 2.61. The average molecular weight is 265 g/mol. The van der Waals surface area contributed by atoms with Crippen LogP contribution in [-0.2, 0) is 11.2 Å². The molecule has 0 aliphatic carbocycles. The monoisotopic (exact) mass is 265 g/mol. The molecule has 1 fully saturated rings. The van der Waals surface area contributed by atoms with Gasteiger partial charge in [0.05, 0.1) is 12.7 Å². The second kappa shape index (κ2) is 6.15. The summed E-state index contributed by atoms with van der Waals surface area (Å²) in [6, 6.07) is 3.30. The highest BCUT2D eigenvalue weighted by molar-refractivity contribution is 5.91. The first-order valence-corrected chi connectivity index (χ1v) is 6.70. The molecular formula is C15H20FNO2. The molecule has 0 spiro atoms. The van der Waals surface area contributed by atoms with Gasteiger partial charge >= 0.3 is 5.97 Å². The molecule has 1 aromatic rings. The zero-order chi connectivity index (χ0) is 13.8. The Bertz CT molecular complexity index is 467. The third-order valence-corrected chi connectivity index (χ3v) is 3.73. The molecule has 2 rings (SSSR count). The second-order valence-corrected chi connectivity index (χ2v) is 5.16. The molecule has 0 bridgehead atoms. The maximum atomic E-state index is 13.9. The van der Waals surface area contributed by atoms with Crippen molar-refractivity contribution in [3.05, 3.63) is 34.6 Å². The number of ether oxygens (including phenoxy) is 1. The van der Waals surface area contributed by atoms with E-state index < -0.39 is 5.97 Å². The van der Waals surface area contributed by atoms with Crippen molar-refractivity contribution in [2.75, 3.05) is 20.2 Å². The fourth-order valence-electron chi connectivity index (χ4n) is 2.61. The minimum absolute atomic E-state index is 0.332. The Morgan fingerprint density at radius 1 is 1.53 bits per heavy atom. The van der Waals surface area contributed by atoms with E-state index in [2.05, 4.69) is 5.32 Å². The van der Waals surface area contributed by atoms with Crippen molar-refractivity contribution in [2.24, 2.45) is 5.92 Å². The number of nitrogens with one attached hydrogen (secondary N) is 1. The molecule has 19 heavy (non-hydrogen) atoms. The molecule has 0 saturated carbocycles. The minimum atomic E-state index is -0.472. The number of halogens is 1. The average Bonchev–Trinajstić information content (AvgIpc) is 2.43. The van der Waals surface area contributed by atoms with E-state index in [1.165, 1.54) is 13.2 Å². The van der Waals surface area contributed by atoms with Crippen LogP contribution in [0.4, 0.5) is 4.39 Å². The van der Waals surface area contributed by atoms with Gasteiger partial charge in [-0.3, -0.25) is 0 Å². The lowest BCUT2D eigenvalue weighted by atomic mass is 9.91. The molecule has 104 valence electrons. The van der Waals surface area contributed by atoms with E-state index in [1.807, 2.05) is 0 Å². The van der Waals surface area contributed by atoms with Crippen molar-refractivity contribution >= 4 is 5.97 Å². The van der Waals surface area contributed by atoms with E-state index in [0.29, 0.717) is 17.0 Å². The van der Waals surface area contributed by atoms with E-state index in [9.17, 15) is 9.18 Å². The summed E-state index contributed by atoms with van der Waals surface area (Å²) >= 11 is 0. The van der Waals surface area contributed by atoms with Crippen LogP contribution in [0.2, 0.25) is 0 Å². The van der Waals surface area contributed by atoms with E-state index in [1.54, 1.807) is 13.0 Å². The van der Waals surface area contributed by atoms with E-state index in [-0.39, 0.29) is 5.82 Å². The van der Waals surface area contributed by atoms with Crippen LogP contribution in [0.15, 0.2) is 12.1 Å². The summed E-state index contributed by atoms with van der Waals surface area (Å²) in [5.74, 6) is -0.289. The molecule has 1 aliphatic heterocycles. The number of carbonyl (C=O) groups excluding carboxylic acids is 1. The molecule has 1 N–H and O–H groups in total. The van der Waals surface area contributed by atoms with Crippen molar-refractivity contribution in [3.8, 4) is 0 Å². The van der Waals surface area contributed by atoms with E-state index in [0.717, 1.165) is 37.9 Å². The quantitative estimate of drug-likeness (QED) is 0.853. The van der Waals surface area contributed by atoms with E-state index in [4.69, 9.17) is 4.74 Å². The normalized spacial score (nSPS) is 19.2. The number of carbonyl (C=O) groups is 1. The number of hydrogen-bond donors (Lipinski definition) is 1. The Morgan fingerprint density at radius 3 is 2.95 bits per heavy atom. The Morgan fingerprint density at radius 2 is 2.32 bits per heavy atom. The number of piperidine rings is 1. The van der Waals surface area contributed by atoms with Gasteiger partial charge in [0.15, 0.2) is 0 Å². The van der Waals surface area contributed by atoms with Crippen molar-refractivity contribution < 1.29 is 13.9 Å². The lowest BCUT2D eigenvalue weighted by Gasteiger charge is -2.23. The molecule has 1 aromatic carbocycles. The summed E-state index contributed by atoms with van der Waals surface area (Å²) in [6.07, 6.45) is 3.10. The first-order chi connectivity index (χ1) is 9.11. The highest BCUT2D eigenvalue weighted by Gasteiger charge is 2.18. The van der Waals surface area contributed by atoms with Gasteiger partial charge in [-0.15, -0.1) is 0 Å². The van der Waals surface area contributed by atoms with Gasteiger partial charge in [0.1, 0.15) is 5.82 Å². The number of rotatable bonds is 3. The van der Waals surface area contributed by atoms with Crippen molar-refractivity contribution in [1.29, 1.82) is 0 Å². The van der Waals surface area contributed by atoms with Gasteiger partial charge in [-0.1, -0.05) is 0 Å². The molecule has 0 amide bonds. The number of benzene rings is 1. The molecule has 1 saturated heterocycles. The standard InChI is InChI=1S/C15H20FNO2/c1-10-13(15(18)19-2)7-12(8-14(10)16)6-11-4-3-5-17-9-11/h7-8,11,17H,3-6,9H2,1-2H3. The van der Waals surface area contributed by atoms with Crippen LogP contribution in [0.3, 0.4) is 0 Å². The second-order valence-electron chi connectivity index (χ2n) is 5.16. The fraction of sp³-hybridized carbons (Fsp3) is 0.533. The molecule has 0 aromatic heterocycles. The largest absolute Gasteiger partial charge is 0.465 e. The van der Waals surface area contributed by atoms with Gasteiger partial charge in [0, 0.05) is 0 Å². The van der Waals surface area contributed by atoms with Gasteiger partial charge in [0.25, 0.3) is 0 Å². The smallest absolute Gasteiger partial charge is 0.338 e. The summed E-state index contributed by atoms with van der Waals surface area (Å²) in [5.41, 5.74) is 1.57. The number of methoxy groups -OCH3 is 1. The van der Waals surface area contributed by atoms with Gasteiger partial charge < -0.3 is 10.1 Å². The molecule has 4 heteroatoms. The Labute approximate surface area is 113 Å². The van der Waals surface area contributed by atoms with Crippen LogP contribution >= 0.6 is 0 Å². The van der Waals surface area contributed by atoms with E-state index >= 15 is 0 Å². The molecule has 0 radical (unpaired) electrons. The molecule has 1 aliphatic rings. The molecule has 3 nitrogen and oxygen atoms in total. The summed E-state index contributed by atoms with van der Waals surface area (Å²) in [7, 11) is 1.32. The zero-order valence-corrected chi connectivity index (χ0v) is 11.5. The molecule has 1 atom stereocenters. The Kier molecular flexibility index (Phi) is 4.53. The first-order valence-electron chi connectivity index (χ1n) is 6.70. The van der Waals surface area contributed by atoms with Crippen molar-refractivity contribution in [1.82, 2.24) is 5.32 Å². The minimum Gasteiger partial charge on any atom is -0.465 e. The van der Waals surface area contributed by atoms with Crippen molar-refractivity contribution in [3.63, 3.8) is 0 Å². The third-order valence-electron chi connectivity index (χ3n) is 3.73. The zero-order valence-electron chi connectivity index (χ0n) is 11.5. The maximum absolute atomic E-state index is 13.9. The van der Waals surface area contributed by atoms with Crippen LogP contribution in [0.25, 0.3) is 0 Å². The van der Waals surface area contributed by atoms with Crippen LogP contribution in [-0.4, -0.2) is 26.2 Å². The predicted octanol–water partition coefficient (Wildman–Crippen LogP) is 2.46. The lowest BCUT2D eigenvalue weighted by molar-refractivity contribution is 0.0599. The summed E-state index contributed by atoms with van der Waals surface area (Å²) in [6.45, 7) is 3.63. The highest BCUT2D eigenvalue weighted by atomic mass is 19.1. The number of hydrogen-bond acceptors (Lipinski definition) is 3. The highest BCUT2D eigenvalue weighted by Crippen LogP contribution is 2.21. The SMILES string of the molecule is COC(=O)c1cc(CC2CCCNC2)cc(F)c1C. The molecular weight excluding hydrogens is 245 g/mol. The van der Waals surface area contributed by atoms with Gasteiger partial charge in [-0.2, -0.15) is 0 Å². The Hall–Kier alpha value is -1.42. The van der Waals surface area contributed by atoms with Crippen LogP contribution in [0.5, 0.6) is 0 Å². The molecule has 1 unspecified atom stereocenters. The summed E-state index contributed by atoms with van der Waals surface area (Å²) in [5, 5.41) is 3.34. The first kappa shape index (κ1) is 14.0. The van der Waals surface area contributed by atoms with Crippen LogP contribution in [0.1, 0.15) is 34.3 Å². The Balaban J connectivity index is 2.20.